The van der Waals surface area contributed by atoms with Crippen molar-refractivity contribution in [3.8, 4) is 5.75 Å². The van der Waals surface area contributed by atoms with Gasteiger partial charge in [-0.15, -0.1) is 10.2 Å². The van der Waals surface area contributed by atoms with Crippen molar-refractivity contribution in [2.75, 3.05) is 0 Å². The van der Waals surface area contributed by atoms with Crippen LogP contribution < -0.4 is 4.74 Å². The minimum atomic E-state index is -0.183. The van der Waals surface area contributed by atoms with Crippen molar-refractivity contribution >= 4 is 0 Å². The second-order valence-electron chi connectivity index (χ2n) is 3.94. The van der Waals surface area contributed by atoms with Gasteiger partial charge in [0.25, 0.3) is 5.89 Å². The van der Waals surface area contributed by atoms with Gasteiger partial charge in [0.1, 0.15) is 5.75 Å². The van der Waals surface area contributed by atoms with Gasteiger partial charge in [0.2, 0.25) is 5.89 Å². The molecule has 0 saturated heterocycles. The van der Waals surface area contributed by atoms with E-state index in [2.05, 4.69) is 10.2 Å². The van der Waals surface area contributed by atoms with Gasteiger partial charge in [-0.05, 0) is 25.0 Å². The molecule has 1 atom stereocenters. The van der Waals surface area contributed by atoms with Gasteiger partial charge in [-0.1, -0.05) is 25.1 Å². The van der Waals surface area contributed by atoms with Gasteiger partial charge in [0.05, 0.1) is 0 Å². The summed E-state index contributed by atoms with van der Waals surface area (Å²) in [6.07, 6.45) is 0.605. The number of para-hydroxylation sites is 1. The van der Waals surface area contributed by atoms with E-state index in [0.717, 1.165) is 17.7 Å². The van der Waals surface area contributed by atoms with Gasteiger partial charge in [0.15, 0.2) is 6.10 Å². The Labute approximate surface area is 101 Å². The van der Waals surface area contributed by atoms with Crippen molar-refractivity contribution < 1.29 is 9.15 Å². The first-order valence-corrected chi connectivity index (χ1v) is 5.73. The highest BCUT2D eigenvalue weighted by molar-refractivity contribution is 5.32. The van der Waals surface area contributed by atoms with Crippen LogP contribution in [0.25, 0.3) is 0 Å². The molecule has 0 spiro atoms. The van der Waals surface area contributed by atoms with Crippen LogP contribution >= 0.6 is 0 Å². The number of benzene rings is 1. The normalized spacial score (nSPS) is 12.4. The predicted octanol–water partition coefficient (Wildman–Crippen LogP) is 3.22. The fourth-order valence-electron chi connectivity index (χ4n) is 1.59. The molecule has 1 heterocycles. The number of aromatic nitrogens is 2. The van der Waals surface area contributed by atoms with Crippen LogP contribution in [0.5, 0.6) is 5.75 Å². The Morgan fingerprint density at radius 1 is 1.24 bits per heavy atom. The second-order valence-corrected chi connectivity index (χ2v) is 3.94. The molecule has 0 aliphatic heterocycles. The third-order valence-corrected chi connectivity index (χ3v) is 2.55. The molecule has 1 aromatic heterocycles. The summed E-state index contributed by atoms with van der Waals surface area (Å²) >= 11 is 0. The lowest BCUT2D eigenvalue weighted by atomic mass is 10.2. The van der Waals surface area contributed by atoms with E-state index in [-0.39, 0.29) is 6.10 Å². The van der Waals surface area contributed by atoms with Gasteiger partial charge in [-0.2, -0.15) is 0 Å². The first-order valence-electron chi connectivity index (χ1n) is 5.73. The largest absolute Gasteiger partial charge is 0.480 e. The van der Waals surface area contributed by atoms with Gasteiger partial charge >= 0.3 is 0 Å². The maximum atomic E-state index is 5.90. The van der Waals surface area contributed by atoms with Crippen LogP contribution in [0.2, 0.25) is 0 Å². The number of hydrogen-bond donors (Lipinski definition) is 0. The molecule has 17 heavy (non-hydrogen) atoms. The monoisotopic (exact) mass is 232 g/mol. The SMILES string of the molecule is CCC(Oc1ccccc1C)c1nnc(C)o1. The van der Waals surface area contributed by atoms with Crippen LogP contribution in [0.1, 0.15) is 36.8 Å². The fraction of sp³-hybridized carbons (Fsp3) is 0.385. The smallest absolute Gasteiger partial charge is 0.256 e. The topological polar surface area (TPSA) is 48.2 Å². The third-order valence-electron chi connectivity index (χ3n) is 2.55. The Morgan fingerprint density at radius 2 is 2.00 bits per heavy atom. The molecule has 0 saturated carbocycles. The van der Waals surface area contributed by atoms with E-state index in [1.54, 1.807) is 6.92 Å². The molecule has 1 aromatic carbocycles. The van der Waals surface area contributed by atoms with Gasteiger partial charge < -0.3 is 9.15 Å². The molecule has 2 rings (SSSR count). The average molecular weight is 232 g/mol. The van der Waals surface area contributed by atoms with Crippen molar-refractivity contribution in [2.24, 2.45) is 0 Å². The number of ether oxygens (including phenoxy) is 1. The van der Waals surface area contributed by atoms with Crippen LogP contribution in [-0.2, 0) is 0 Å². The lowest BCUT2D eigenvalue weighted by molar-refractivity contribution is 0.163. The van der Waals surface area contributed by atoms with E-state index < -0.39 is 0 Å². The number of nitrogens with zero attached hydrogens (tertiary/aromatic N) is 2. The van der Waals surface area contributed by atoms with E-state index in [4.69, 9.17) is 9.15 Å². The molecule has 1 unspecified atom stereocenters. The maximum absolute atomic E-state index is 5.90. The Bertz CT molecular complexity index is 494. The van der Waals surface area contributed by atoms with E-state index in [1.165, 1.54) is 0 Å². The molecule has 4 heteroatoms. The summed E-state index contributed by atoms with van der Waals surface area (Å²) in [5.74, 6) is 1.95. The van der Waals surface area contributed by atoms with E-state index in [1.807, 2.05) is 38.1 Å². The summed E-state index contributed by atoms with van der Waals surface area (Å²) in [7, 11) is 0. The lowest BCUT2D eigenvalue weighted by Gasteiger charge is -2.15. The molecular formula is C13H16N2O2. The Hall–Kier alpha value is -1.84. The zero-order valence-electron chi connectivity index (χ0n) is 10.3. The van der Waals surface area contributed by atoms with Crippen LogP contribution in [0, 0.1) is 13.8 Å². The zero-order chi connectivity index (χ0) is 12.3. The number of aryl methyl sites for hydroxylation is 2. The Kier molecular flexibility index (Phi) is 3.42. The van der Waals surface area contributed by atoms with Crippen LogP contribution in [0.4, 0.5) is 0 Å². The molecule has 0 aliphatic rings. The molecule has 0 amide bonds. The highest BCUT2D eigenvalue weighted by atomic mass is 16.5. The third kappa shape index (κ3) is 2.64. The van der Waals surface area contributed by atoms with Crippen LogP contribution in [0.15, 0.2) is 28.7 Å². The summed E-state index contributed by atoms with van der Waals surface area (Å²) in [5.41, 5.74) is 1.10. The summed E-state index contributed by atoms with van der Waals surface area (Å²) in [5, 5.41) is 7.82. The highest BCUT2D eigenvalue weighted by Gasteiger charge is 2.18. The molecule has 0 bridgehead atoms. The molecule has 4 nitrogen and oxygen atoms in total. The standard InChI is InChI=1S/C13H16N2O2/c1-4-11(13-15-14-10(3)16-13)17-12-8-6-5-7-9(12)2/h5-8,11H,4H2,1-3H3. The van der Waals surface area contributed by atoms with Crippen molar-refractivity contribution in [1.82, 2.24) is 10.2 Å². The van der Waals surface area contributed by atoms with E-state index in [9.17, 15) is 0 Å². The molecule has 0 fully saturated rings. The molecule has 2 aromatic rings. The minimum Gasteiger partial charge on any atom is -0.480 e. The summed E-state index contributed by atoms with van der Waals surface area (Å²) in [6.45, 7) is 5.82. The first kappa shape index (κ1) is 11.6. The predicted molar refractivity (Wildman–Crippen MR) is 63.9 cm³/mol. The van der Waals surface area contributed by atoms with Crippen LogP contribution in [-0.4, -0.2) is 10.2 Å². The second kappa shape index (κ2) is 4.99. The first-order chi connectivity index (χ1) is 8.20. The fourth-order valence-corrected chi connectivity index (χ4v) is 1.59. The van der Waals surface area contributed by atoms with Gasteiger partial charge in [-0.25, -0.2) is 0 Å². The van der Waals surface area contributed by atoms with Crippen molar-refractivity contribution in [3.63, 3.8) is 0 Å². The molecular weight excluding hydrogens is 216 g/mol. The summed E-state index contributed by atoms with van der Waals surface area (Å²) in [4.78, 5) is 0. The lowest BCUT2D eigenvalue weighted by Crippen LogP contribution is -2.07. The van der Waals surface area contributed by atoms with Crippen LogP contribution in [0.3, 0.4) is 0 Å². The number of hydrogen-bond acceptors (Lipinski definition) is 4. The highest BCUT2D eigenvalue weighted by Crippen LogP contribution is 2.26. The molecule has 0 radical (unpaired) electrons. The van der Waals surface area contributed by atoms with E-state index in [0.29, 0.717) is 11.8 Å². The number of rotatable bonds is 4. The van der Waals surface area contributed by atoms with Crippen molar-refractivity contribution in [1.29, 1.82) is 0 Å². The van der Waals surface area contributed by atoms with Gasteiger partial charge in [-0.3, -0.25) is 0 Å². The van der Waals surface area contributed by atoms with E-state index >= 15 is 0 Å². The molecule has 0 aliphatic carbocycles. The van der Waals surface area contributed by atoms with Crippen molar-refractivity contribution in [2.45, 2.75) is 33.3 Å². The Balaban J connectivity index is 2.18. The van der Waals surface area contributed by atoms with Gasteiger partial charge in [0, 0.05) is 6.92 Å². The molecule has 90 valence electrons. The minimum absolute atomic E-state index is 0.183. The average Bonchev–Trinajstić information content (AvgIpc) is 2.75. The summed E-state index contributed by atoms with van der Waals surface area (Å²) < 4.78 is 11.3. The molecule has 0 N–H and O–H groups in total. The zero-order valence-corrected chi connectivity index (χ0v) is 10.3. The quantitative estimate of drug-likeness (QED) is 0.812. The summed E-state index contributed by atoms with van der Waals surface area (Å²) in [6, 6.07) is 7.90. The maximum Gasteiger partial charge on any atom is 0.256 e. The Morgan fingerprint density at radius 3 is 2.59 bits per heavy atom. The van der Waals surface area contributed by atoms with Crippen molar-refractivity contribution in [3.05, 3.63) is 41.6 Å².